The molecule has 6 heteroatoms. The van der Waals surface area contributed by atoms with E-state index in [-0.39, 0.29) is 24.2 Å². The molecule has 3 aromatic rings. The topological polar surface area (TPSA) is 58.2 Å². The van der Waals surface area contributed by atoms with Crippen LogP contribution in [-0.4, -0.2) is 40.5 Å². The summed E-state index contributed by atoms with van der Waals surface area (Å²) >= 11 is 0. The highest BCUT2D eigenvalue weighted by Crippen LogP contribution is 2.28. The second-order valence-electron chi connectivity index (χ2n) is 6.56. The molecule has 4 rings (SSSR count). The van der Waals surface area contributed by atoms with Crippen LogP contribution in [0.1, 0.15) is 24.5 Å². The van der Waals surface area contributed by atoms with Crippen LogP contribution in [0.2, 0.25) is 0 Å². The van der Waals surface area contributed by atoms with Crippen molar-refractivity contribution >= 4 is 16.9 Å². The number of carbonyl (C=O) groups excluding carboxylic acids is 1. The lowest BCUT2D eigenvalue weighted by molar-refractivity contribution is -0.134. The zero-order chi connectivity index (χ0) is 17.9. The average molecular weight is 353 g/mol. The molecule has 26 heavy (non-hydrogen) atoms. The molecule has 3 heterocycles. The number of rotatable bonds is 4. The summed E-state index contributed by atoms with van der Waals surface area (Å²) in [6, 6.07) is 12.1. The van der Waals surface area contributed by atoms with Crippen molar-refractivity contribution in [3.05, 3.63) is 60.2 Å². The Labute approximate surface area is 150 Å². The van der Waals surface area contributed by atoms with Crippen LogP contribution in [0.15, 0.2) is 48.7 Å². The minimum atomic E-state index is -0.456. The summed E-state index contributed by atoms with van der Waals surface area (Å²) in [6.45, 7) is 1.18. The first-order chi connectivity index (χ1) is 12.7. The molecule has 1 aromatic carbocycles. The quantitative estimate of drug-likeness (QED) is 0.781. The molecular formula is C20H20FN3O2. The SMILES string of the molecule is O=C(COc1ccccc1F)N1CCC[C@H](c2cc3ncccc3[nH]2)C1. The van der Waals surface area contributed by atoms with E-state index in [1.54, 1.807) is 23.2 Å². The Kier molecular flexibility index (Phi) is 4.56. The van der Waals surface area contributed by atoms with E-state index >= 15 is 0 Å². The van der Waals surface area contributed by atoms with Crippen molar-refractivity contribution in [1.82, 2.24) is 14.9 Å². The van der Waals surface area contributed by atoms with E-state index in [0.29, 0.717) is 13.1 Å². The molecule has 1 atom stereocenters. The summed E-state index contributed by atoms with van der Waals surface area (Å²) < 4.78 is 19.0. The molecule has 134 valence electrons. The van der Waals surface area contributed by atoms with Crippen molar-refractivity contribution in [1.29, 1.82) is 0 Å². The number of fused-ring (bicyclic) bond motifs is 1. The van der Waals surface area contributed by atoms with Gasteiger partial charge in [-0.3, -0.25) is 9.78 Å². The second-order valence-corrected chi connectivity index (χ2v) is 6.56. The summed E-state index contributed by atoms with van der Waals surface area (Å²) in [4.78, 5) is 22.1. The van der Waals surface area contributed by atoms with Crippen LogP contribution in [0.25, 0.3) is 11.0 Å². The zero-order valence-corrected chi connectivity index (χ0v) is 14.3. The summed E-state index contributed by atoms with van der Waals surface area (Å²) in [5.74, 6) is -0.221. The molecule has 5 nitrogen and oxygen atoms in total. The number of aromatic amines is 1. The van der Waals surface area contributed by atoms with Gasteiger partial charge < -0.3 is 14.6 Å². The predicted molar refractivity (Wildman–Crippen MR) is 96.5 cm³/mol. The maximum absolute atomic E-state index is 13.6. The largest absolute Gasteiger partial charge is 0.481 e. The highest BCUT2D eigenvalue weighted by atomic mass is 19.1. The molecule has 0 radical (unpaired) electrons. The van der Waals surface area contributed by atoms with E-state index < -0.39 is 5.82 Å². The molecule has 0 saturated carbocycles. The van der Waals surface area contributed by atoms with Gasteiger partial charge in [-0.15, -0.1) is 0 Å². The number of ether oxygens (including phenoxy) is 1. The van der Waals surface area contributed by atoms with Crippen molar-refractivity contribution in [3.63, 3.8) is 0 Å². The Morgan fingerprint density at radius 3 is 3.04 bits per heavy atom. The summed E-state index contributed by atoms with van der Waals surface area (Å²) in [5, 5.41) is 0. The third-order valence-electron chi connectivity index (χ3n) is 4.81. The van der Waals surface area contributed by atoms with Crippen LogP contribution in [-0.2, 0) is 4.79 Å². The molecule has 0 spiro atoms. The summed E-state index contributed by atoms with van der Waals surface area (Å²) in [6.07, 6.45) is 3.72. The number of benzene rings is 1. The number of halogens is 1. The number of pyridine rings is 1. The van der Waals surface area contributed by atoms with Crippen molar-refractivity contribution in [2.24, 2.45) is 0 Å². The lowest BCUT2D eigenvalue weighted by atomic mass is 9.95. The van der Waals surface area contributed by atoms with Gasteiger partial charge >= 0.3 is 0 Å². The van der Waals surface area contributed by atoms with Gasteiger partial charge in [0.05, 0.1) is 11.0 Å². The van der Waals surface area contributed by atoms with E-state index in [0.717, 1.165) is 29.6 Å². The molecule has 2 aromatic heterocycles. The first kappa shape index (κ1) is 16.6. The van der Waals surface area contributed by atoms with Gasteiger partial charge in [0.2, 0.25) is 0 Å². The van der Waals surface area contributed by atoms with Crippen LogP contribution < -0.4 is 4.74 Å². The molecule has 1 aliphatic heterocycles. The molecule has 1 amide bonds. The number of amides is 1. The third-order valence-corrected chi connectivity index (χ3v) is 4.81. The number of para-hydroxylation sites is 1. The fourth-order valence-corrected chi connectivity index (χ4v) is 3.45. The number of H-pyrrole nitrogens is 1. The van der Waals surface area contributed by atoms with Gasteiger partial charge in [0, 0.05) is 30.9 Å². The predicted octanol–water partition coefficient (Wildman–Crippen LogP) is 3.49. The monoisotopic (exact) mass is 353 g/mol. The van der Waals surface area contributed by atoms with Crippen LogP contribution >= 0.6 is 0 Å². The number of likely N-dealkylation sites (tertiary alicyclic amines) is 1. The highest BCUT2D eigenvalue weighted by Gasteiger charge is 2.26. The smallest absolute Gasteiger partial charge is 0.260 e. The highest BCUT2D eigenvalue weighted by molar-refractivity contribution is 5.78. The molecule has 0 bridgehead atoms. The van der Waals surface area contributed by atoms with Crippen LogP contribution in [0, 0.1) is 5.82 Å². The van der Waals surface area contributed by atoms with Gasteiger partial charge in [-0.2, -0.15) is 0 Å². The molecule has 0 aliphatic carbocycles. The fourth-order valence-electron chi connectivity index (χ4n) is 3.45. The molecule has 1 fully saturated rings. The average Bonchev–Trinajstić information content (AvgIpc) is 3.11. The lowest BCUT2D eigenvalue weighted by Gasteiger charge is -2.32. The first-order valence-electron chi connectivity index (χ1n) is 8.79. The zero-order valence-electron chi connectivity index (χ0n) is 14.3. The number of carbonyl (C=O) groups is 1. The Bertz CT molecular complexity index is 891. The van der Waals surface area contributed by atoms with Gasteiger partial charge in [-0.05, 0) is 43.2 Å². The van der Waals surface area contributed by atoms with Crippen LogP contribution in [0.4, 0.5) is 4.39 Å². The first-order valence-corrected chi connectivity index (χ1v) is 8.79. The van der Waals surface area contributed by atoms with Gasteiger partial charge in [-0.1, -0.05) is 12.1 Å². The molecule has 1 aliphatic rings. The Hall–Kier alpha value is -2.89. The Morgan fingerprint density at radius 2 is 2.19 bits per heavy atom. The van der Waals surface area contributed by atoms with Gasteiger partial charge in [-0.25, -0.2) is 4.39 Å². The molecular weight excluding hydrogens is 333 g/mol. The Morgan fingerprint density at radius 1 is 1.31 bits per heavy atom. The van der Waals surface area contributed by atoms with E-state index in [1.165, 1.54) is 12.1 Å². The van der Waals surface area contributed by atoms with Gasteiger partial charge in [0.15, 0.2) is 18.2 Å². The molecule has 0 unspecified atom stereocenters. The lowest BCUT2D eigenvalue weighted by Crippen LogP contribution is -2.41. The standard InChI is InChI=1S/C20H20FN3O2/c21-15-6-1-2-8-19(15)26-13-20(25)24-10-4-5-14(12-24)17-11-18-16(23-17)7-3-9-22-18/h1-3,6-9,11,14,23H,4-5,10,12-13H2/t14-/m0/s1. The molecule has 1 N–H and O–H groups in total. The summed E-state index contributed by atoms with van der Waals surface area (Å²) in [5.41, 5.74) is 3.05. The minimum absolute atomic E-state index is 0.108. The van der Waals surface area contributed by atoms with Crippen molar-refractivity contribution in [2.45, 2.75) is 18.8 Å². The van der Waals surface area contributed by atoms with Crippen molar-refractivity contribution in [3.8, 4) is 5.75 Å². The van der Waals surface area contributed by atoms with Crippen molar-refractivity contribution < 1.29 is 13.9 Å². The van der Waals surface area contributed by atoms with Crippen LogP contribution in [0.3, 0.4) is 0 Å². The number of hydrogen-bond acceptors (Lipinski definition) is 3. The number of piperidine rings is 1. The third kappa shape index (κ3) is 3.40. The second kappa shape index (κ2) is 7.15. The Balaban J connectivity index is 1.41. The van der Waals surface area contributed by atoms with Gasteiger partial charge in [0.1, 0.15) is 0 Å². The van der Waals surface area contributed by atoms with E-state index in [1.807, 2.05) is 12.1 Å². The normalized spacial score (nSPS) is 17.4. The number of nitrogens with one attached hydrogen (secondary N) is 1. The van der Waals surface area contributed by atoms with E-state index in [4.69, 9.17) is 4.74 Å². The number of hydrogen-bond donors (Lipinski definition) is 1. The maximum Gasteiger partial charge on any atom is 0.260 e. The van der Waals surface area contributed by atoms with E-state index in [2.05, 4.69) is 16.0 Å². The summed E-state index contributed by atoms with van der Waals surface area (Å²) in [7, 11) is 0. The van der Waals surface area contributed by atoms with Crippen LogP contribution in [0.5, 0.6) is 5.75 Å². The van der Waals surface area contributed by atoms with E-state index in [9.17, 15) is 9.18 Å². The fraction of sp³-hybridized carbons (Fsp3) is 0.300. The maximum atomic E-state index is 13.6. The number of nitrogens with zero attached hydrogens (tertiary/aromatic N) is 2. The van der Waals surface area contributed by atoms with Gasteiger partial charge in [0.25, 0.3) is 5.91 Å². The minimum Gasteiger partial charge on any atom is -0.481 e. The molecule has 1 saturated heterocycles. The van der Waals surface area contributed by atoms with Crippen molar-refractivity contribution in [2.75, 3.05) is 19.7 Å². The number of aromatic nitrogens is 2.